The Bertz CT molecular complexity index is 1730. The zero-order chi connectivity index (χ0) is 30.8. The molecule has 44 heavy (non-hydrogen) atoms. The lowest BCUT2D eigenvalue weighted by Crippen LogP contribution is -2.22. The Morgan fingerprint density at radius 3 is 2.36 bits per heavy atom. The average molecular weight is 591 g/mol. The maximum Gasteiger partial charge on any atom is 0.312 e. The van der Waals surface area contributed by atoms with E-state index in [1.165, 1.54) is 5.56 Å². The van der Waals surface area contributed by atoms with Gasteiger partial charge in [0.2, 0.25) is 5.78 Å². The highest BCUT2D eigenvalue weighted by Crippen LogP contribution is 2.51. The quantitative estimate of drug-likeness (QED) is 0.113. The van der Waals surface area contributed by atoms with Crippen molar-refractivity contribution in [3.05, 3.63) is 118 Å². The molecule has 0 radical (unpaired) electrons. The van der Waals surface area contributed by atoms with Gasteiger partial charge in [-0.25, -0.2) is 0 Å². The first-order valence-corrected chi connectivity index (χ1v) is 14.7. The molecule has 7 nitrogen and oxygen atoms in total. The number of para-hydroxylation sites is 1. The molecule has 0 aromatic heterocycles. The number of methoxy groups -OCH3 is 2. The van der Waals surface area contributed by atoms with Gasteiger partial charge in [-0.05, 0) is 59.0 Å². The van der Waals surface area contributed by atoms with Crippen molar-refractivity contribution in [1.82, 2.24) is 0 Å². The molecule has 2 aliphatic heterocycles. The fourth-order valence-corrected chi connectivity index (χ4v) is 5.69. The molecular weight excluding hydrogens is 556 g/mol. The summed E-state index contributed by atoms with van der Waals surface area (Å²) in [6.45, 7) is 4.66. The first kappa shape index (κ1) is 29.1. The van der Waals surface area contributed by atoms with Crippen LogP contribution in [0.25, 0.3) is 6.08 Å². The van der Waals surface area contributed by atoms with E-state index in [9.17, 15) is 9.59 Å². The van der Waals surface area contributed by atoms with Gasteiger partial charge >= 0.3 is 5.97 Å². The minimum absolute atomic E-state index is 0.0543. The molecule has 7 heteroatoms. The number of allylic oxidation sites excluding steroid dienone is 1. The molecule has 4 aromatic carbocycles. The summed E-state index contributed by atoms with van der Waals surface area (Å²) in [7, 11) is 3.22. The van der Waals surface area contributed by atoms with Gasteiger partial charge in [-0.15, -0.1) is 0 Å². The Morgan fingerprint density at radius 1 is 0.886 bits per heavy atom. The number of hydrogen-bond acceptors (Lipinski definition) is 7. The van der Waals surface area contributed by atoms with Gasteiger partial charge in [0.1, 0.15) is 17.2 Å². The Labute approximate surface area is 257 Å². The molecule has 1 atom stereocenters. The summed E-state index contributed by atoms with van der Waals surface area (Å²) < 4.78 is 29.2. The number of ketones is 1. The molecule has 0 bridgehead atoms. The van der Waals surface area contributed by atoms with Crippen molar-refractivity contribution in [3.8, 4) is 28.7 Å². The molecule has 0 saturated heterocycles. The van der Waals surface area contributed by atoms with Crippen molar-refractivity contribution < 1.29 is 33.3 Å². The lowest BCUT2D eigenvalue weighted by atomic mass is 9.84. The number of fused-ring (bicyclic) bond motifs is 3. The lowest BCUT2D eigenvalue weighted by molar-refractivity contribution is -0.135. The number of carbonyl (C=O) groups excluding carboxylic acids is 2. The number of esters is 1. The van der Waals surface area contributed by atoms with E-state index in [2.05, 4.69) is 26.0 Å². The number of ether oxygens (including phenoxy) is 5. The molecule has 0 fully saturated rings. The number of carbonyl (C=O) groups is 2. The molecule has 0 aliphatic carbocycles. The predicted octanol–water partition coefficient (Wildman–Crippen LogP) is 7.51. The smallest absolute Gasteiger partial charge is 0.312 e. The SMILES string of the molecule is COc1ccc(CCOc2c(OC)cccc2C2CC(=O)Oc3ccc4c(c32)O/C(=C\c2ccc(C(C)C)cc2)C4=O)cc1. The average Bonchev–Trinajstić information content (AvgIpc) is 3.35. The maximum absolute atomic E-state index is 13.5. The van der Waals surface area contributed by atoms with E-state index >= 15 is 0 Å². The minimum Gasteiger partial charge on any atom is -0.497 e. The third-order valence-corrected chi connectivity index (χ3v) is 8.08. The Kier molecular flexibility index (Phi) is 8.11. The van der Waals surface area contributed by atoms with E-state index in [4.69, 9.17) is 23.7 Å². The second kappa shape index (κ2) is 12.3. The lowest BCUT2D eigenvalue weighted by Gasteiger charge is -2.28. The van der Waals surface area contributed by atoms with E-state index in [-0.39, 0.29) is 23.9 Å². The number of benzene rings is 4. The second-order valence-electron chi connectivity index (χ2n) is 11.2. The van der Waals surface area contributed by atoms with Gasteiger partial charge in [0.15, 0.2) is 17.3 Å². The molecule has 2 heterocycles. The van der Waals surface area contributed by atoms with Crippen LogP contribution < -0.4 is 23.7 Å². The van der Waals surface area contributed by atoms with E-state index in [0.29, 0.717) is 53.1 Å². The number of hydrogen-bond donors (Lipinski definition) is 0. The topological polar surface area (TPSA) is 80.3 Å². The van der Waals surface area contributed by atoms with Crippen molar-refractivity contribution in [3.63, 3.8) is 0 Å². The van der Waals surface area contributed by atoms with Crippen molar-refractivity contribution >= 4 is 17.8 Å². The summed E-state index contributed by atoms with van der Waals surface area (Å²) in [5.41, 5.74) is 5.00. The van der Waals surface area contributed by atoms with Crippen molar-refractivity contribution in [2.75, 3.05) is 20.8 Å². The van der Waals surface area contributed by atoms with Crippen molar-refractivity contribution in [2.45, 2.75) is 38.5 Å². The minimum atomic E-state index is -0.482. The molecule has 0 saturated carbocycles. The zero-order valence-corrected chi connectivity index (χ0v) is 25.2. The zero-order valence-electron chi connectivity index (χ0n) is 25.2. The van der Waals surface area contributed by atoms with Gasteiger partial charge in [-0.2, -0.15) is 0 Å². The normalized spacial score (nSPS) is 16.3. The molecule has 4 aromatic rings. The highest BCUT2D eigenvalue weighted by Gasteiger charge is 2.39. The second-order valence-corrected chi connectivity index (χ2v) is 11.2. The molecule has 224 valence electrons. The molecule has 2 aliphatic rings. The van der Waals surface area contributed by atoms with Crippen molar-refractivity contribution in [2.24, 2.45) is 0 Å². The van der Waals surface area contributed by atoms with Crippen LogP contribution in [0.15, 0.2) is 84.6 Å². The largest absolute Gasteiger partial charge is 0.497 e. The fourth-order valence-electron chi connectivity index (χ4n) is 5.69. The summed E-state index contributed by atoms with van der Waals surface area (Å²) >= 11 is 0. The van der Waals surface area contributed by atoms with Gasteiger partial charge in [0.05, 0.1) is 32.8 Å². The molecule has 0 N–H and O–H groups in total. The van der Waals surface area contributed by atoms with Crippen LogP contribution in [0.3, 0.4) is 0 Å². The summed E-state index contributed by atoms with van der Waals surface area (Å²) in [6.07, 6.45) is 2.46. The standard InChI is InChI=1S/C37H34O7/c1-22(2)25-12-8-24(9-13-25)20-32-35(39)28-16-17-30-34(37(28)44-32)29(21-33(38)43-30)27-6-5-7-31(41-4)36(27)42-19-18-23-10-14-26(40-3)15-11-23/h5-17,20,22,29H,18-19,21H2,1-4H3/b32-20-. The Balaban J connectivity index is 1.34. The van der Waals surface area contributed by atoms with Crippen LogP contribution in [0.5, 0.6) is 28.7 Å². The predicted molar refractivity (Wildman–Crippen MR) is 167 cm³/mol. The van der Waals surface area contributed by atoms with Crippen LogP contribution >= 0.6 is 0 Å². The summed E-state index contributed by atoms with van der Waals surface area (Å²) in [5, 5.41) is 0. The highest BCUT2D eigenvalue weighted by atomic mass is 16.5. The van der Waals surface area contributed by atoms with E-state index in [1.807, 2.05) is 54.6 Å². The van der Waals surface area contributed by atoms with Crippen LogP contribution in [0.2, 0.25) is 0 Å². The number of Topliss-reactive ketones (excluding diaryl/α,β-unsaturated/α-hetero) is 1. The monoisotopic (exact) mass is 590 g/mol. The van der Waals surface area contributed by atoms with Crippen LogP contribution in [0, 0.1) is 0 Å². The van der Waals surface area contributed by atoms with E-state index < -0.39 is 5.92 Å². The summed E-state index contributed by atoms with van der Waals surface area (Å²) in [4.78, 5) is 26.3. The molecular formula is C37H34O7. The van der Waals surface area contributed by atoms with Crippen LogP contribution in [0.4, 0.5) is 0 Å². The molecule has 1 unspecified atom stereocenters. The van der Waals surface area contributed by atoms with E-state index in [0.717, 1.165) is 22.4 Å². The van der Waals surface area contributed by atoms with Crippen LogP contribution in [-0.2, 0) is 11.2 Å². The molecule has 6 rings (SSSR count). The number of rotatable bonds is 9. The Hall–Kier alpha value is -5.04. The van der Waals surface area contributed by atoms with Gasteiger partial charge in [-0.3, -0.25) is 9.59 Å². The van der Waals surface area contributed by atoms with E-state index in [1.54, 1.807) is 32.4 Å². The highest BCUT2D eigenvalue weighted by molar-refractivity contribution is 6.15. The van der Waals surface area contributed by atoms with Gasteiger partial charge < -0.3 is 23.7 Å². The third kappa shape index (κ3) is 5.65. The summed E-state index contributed by atoms with van der Waals surface area (Å²) in [6, 6.07) is 24.8. The Morgan fingerprint density at radius 2 is 1.66 bits per heavy atom. The van der Waals surface area contributed by atoms with Crippen LogP contribution in [-0.4, -0.2) is 32.6 Å². The maximum atomic E-state index is 13.5. The summed E-state index contributed by atoms with van der Waals surface area (Å²) in [5.74, 6) is 2.21. The van der Waals surface area contributed by atoms with Crippen LogP contribution in [0.1, 0.15) is 70.3 Å². The fraction of sp³-hybridized carbons (Fsp3) is 0.243. The third-order valence-electron chi connectivity index (χ3n) is 8.08. The van der Waals surface area contributed by atoms with Gasteiger partial charge in [0, 0.05) is 23.5 Å². The van der Waals surface area contributed by atoms with Crippen molar-refractivity contribution in [1.29, 1.82) is 0 Å². The van der Waals surface area contributed by atoms with Gasteiger partial charge in [0.25, 0.3) is 0 Å². The molecule has 0 spiro atoms. The first-order valence-electron chi connectivity index (χ1n) is 14.7. The first-order chi connectivity index (χ1) is 21.4. The molecule has 0 amide bonds. The van der Waals surface area contributed by atoms with Gasteiger partial charge in [-0.1, -0.05) is 62.4 Å².